The predicted octanol–water partition coefficient (Wildman–Crippen LogP) is 0.918. The van der Waals surface area contributed by atoms with E-state index >= 15 is 0 Å². The second-order valence-corrected chi connectivity index (χ2v) is 6.46. The average Bonchev–Trinajstić information content (AvgIpc) is 2.90. The first-order valence-electron chi connectivity index (χ1n) is 5.95. The van der Waals surface area contributed by atoms with Gasteiger partial charge in [0.05, 0.1) is 11.1 Å². The van der Waals surface area contributed by atoms with Gasteiger partial charge in [0.2, 0.25) is 0 Å². The third-order valence-electron chi connectivity index (χ3n) is 2.96. The monoisotopic (exact) mass is 302 g/mol. The van der Waals surface area contributed by atoms with Gasteiger partial charge in [0.15, 0.2) is 15.5 Å². The molecule has 0 radical (unpaired) electrons. The fourth-order valence-corrected chi connectivity index (χ4v) is 2.53. The Morgan fingerprint density at radius 1 is 1.14 bits per heavy atom. The molecule has 0 fully saturated rings. The summed E-state index contributed by atoms with van der Waals surface area (Å²) in [5.41, 5.74) is 1.26. The number of hydrogen-bond donors (Lipinski definition) is 0. The average molecular weight is 302 g/mol. The standard InChI is InChI=1S/C13H10N4O3S/c1-21(19,20)10-4-2-9(3-5-10)13(18)17-8-16-11-6-14-7-15-12(11)17/h2-8H,1H3. The van der Waals surface area contributed by atoms with Gasteiger partial charge in [-0.2, -0.15) is 0 Å². The van der Waals surface area contributed by atoms with E-state index in [1.54, 1.807) is 0 Å². The number of nitrogens with zero attached hydrogens (tertiary/aromatic N) is 4. The summed E-state index contributed by atoms with van der Waals surface area (Å²) in [6, 6.07) is 5.73. The van der Waals surface area contributed by atoms with E-state index in [2.05, 4.69) is 15.0 Å². The first-order chi connectivity index (χ1) is 9.97. The Hall–Kier alpha value is -2.61. The van der Waals surface area contributed by atoms with Gasteiger partial charge in [0.1, 0.15) is 18.2 Å². The summed E-state index contributed by atoms with van der Waals surface area (Å²) >= 11 is 0. The van der Waals surface area contributed by atoms with Gasteiger partial charge < -0.3 is 0 Å². The van der Waals surface area contributed by atoms with Crippen molar-refractivity contribution in [1.82, 2.24) is 19.5 Å². The highest BCUT2D eigenvalue weighted by molar-refractivity contribution is 7.90. The summed E-state index contributed by atoms with van der Waals surface area (Å²) in [6.45, 7) is 0. The van der Waals surface area contributed by atoms with Gasteiger partial charge in [-0.15, -0.1) is 0 Å². The van der Waals surface area contributed by atoms with E-state index < -0.39 is 9.84 Å². The Kier molecular flexibility index (Phi) is 3.02. The third kappa shape index (κ3) is 2.40. The van der Waals surface area contributed by atoms with Crippen molar-refractivity contribution in [1.29, 1.82) is 0 Å². The number of aromatic nitrogens is 4. The van der Waals surface area contributed by atoms with Crippen molar-refractivity contribution in [2.45, 2.75) is 4.90 Å². The van der Waals surface area contributed by atoms with Crippen LogP contribution in [0.25, 0.3) is 11.2 Å². The number of carbonyl (C=O) groups excluding carboxylic acids is 1. The molecule has 0 aliphatic rings. The summed E-state index contributed by atoms with van der Waals surface area (Å²) in [5, 5.41) is 0. The quantitative estimate of drug-likeness (QED) is 0.698. The molecule has 0 bridgehead atoms. The largest absolute Gasteiger partial charge is 0.268 e. The van der Waals surface area contributed by atoms with E-state index in [0.717, 1.165) is 6.26 Å². The van der Waals surface area contributed by atoms with Crippen LogP contribution >= 0.6 is 0 Å². The lowest BCUT2D eigenvalue weighted by Gasteiger charge is -2.03. The topological polar surface area (TPSA) is 94.8 Å². The molecule has 2 heterocycles. The van der Waals surface area contributed by atoms with Gasteiger partial charge in [-0.1, -0.05) is 0 Å². The first-order valence-corrected chi connectivity index (χ1v) is 7.84. The van der Waals surface area contributed by atoms with E-state index in [4.69, 9.17) is 0 Å². The van der Waals surface area contributed by atoms with Gasteiger partial charge in [-0.25, -0.2) is 27.9 Å². The van der Waals surface area contributed by atoms with E-state index in [1.807, 2.05) is 0 Å². The van der Waals surface area contributed by atoms with Crippen LogP contribution in [0.2, 0.25) is 0 Å². The van der Waals surface area contributed by atoms with Crippen LogP contribution in [0.5, 0.6) is 0 Å². The van der Waals surface area contributed by atoms with Crippen molar-refractivity contribution < 1.29 is 13.2 Å². The highest BCUT2D eigenvalue weighted by atomic mass is 32.2. The van der Waals surface area contributed by atoms with Crippen molar-refractivity contribution >= 4 is 26.9 Å². The van der Waals surface area contributed by atoms with Gasteiger partial charge in [0, 0.05) is 11.8 Å². The molecule has 106 valence electrons. The first kappa shape index (κ1) is 13.4. The highest BCUT2D eigenvalue weighted by Gasteiger charge is 2.14. The summed E-state index contributed by atoms with van der Waals surface area (Å²) in [6.07, 6.45) is 5.33. The van der Waals surface area contributed by atoms with Crippen molar-refractivity contribution in [3.63, 3.8) is 0 Å². The molecule has 0 atom stereocenters. The number of sulfone groups is 1. The molecule has 0 aliphatic heterocycles. The summed E-state index contributed by atoms with van der Waals surface area (Å²) in [7, 11) is -3.28. The van der Waals surface area contributed by atoms with Crippen LogP contribution in [0, 0.1) is 0 Å². The Morgan fingerprint density at radius 3 is 2.52 bits per heavy atom. The predicted molar refractivity (Wildman–Crippen MR) is 74.6 cm³/mol. The zero-order valence-electron chi connectivity index (χ0n) is 11.0. The number of fused-ring (bicyclic) bond motifs is 1. The lowest BCUT2D eigenvalue weighted by Crippen LogP contribution is -2.11. The summed E-state index contributed by atoms with van der Waals surface area (Å²) in [4.78, 5) is 24.5. The SMILES string of the molecule is CS(=O)(=O)c1ccc(C(=O)n2cnc3cncnc32)cc1. The molecule has 0 unspecified atom stereocenters. The molecule has 21 heavy (non-hydrogen) atoms. The lowest BCUT2D eigenvalue weighted by atomic mass is 10.2. The molecular formula is C13H10N4O3S. The Morgan fingerprint density at radius 2 is 1.86 bits per heavy atom. The smallest absolute Gasteiger partial charge is 0.264 e. The lowest BCUT2D eigenvalue weighted by molar-refractivity contribution is 0.0963. The number of imidazole rings is 1. The summed E-state index contributed by atoms with van der Waals surface area (Å²) < 4.78 is 24.1. The summed E-state index contributed by atoms with van der Waals surface area (Å²) in [5.74, 6) is -0.337. The Bertz CT molecular complexity index is 929. The molecule has 0 amide bonds. The van der Waals surface area contributed by atoms with E-state index in [-0.39, 0.29) is 10.8 Å². The number of rotatable bonds is 2. The van der Waals surface area contributed by atoms with Crippen molar-refractivity contribution in [2.75, 3.05) is 6.26 Å². The normalized spacial score (nSPS) is 11.7. The van der Waals surface area contributed by atoms with Gasteiger partial charge in [0.25, 0.3) is 5.91 Å². The molecule has 0 N–H and O–H groups in total. The van der Waals surface area contributed by atoms with Crippen LogP contribution in [0.15, 0.2) is 48.0 Å². The zero-order chi connectivity index (χ0) is 15.0. The molecule has 1 aromatic carbocycles. The molecule has 3 aromatic rings. The minimum Gasteiger partial charge on any atom is -0.268 e. The molecule has 0 aliphatic carbocycles. The molecule has 2 aromatic heterocycles. The van der Waals surface area contributed by atoms with Gasteiger partial charge >= 0.3 is 0 Å². The van der Waals surface area contributed by atoms with E-state index in [1.165, 1.54) is 47.7 Å². The van der Waals surface area contributed by atoms with Crippen LogP contribution in [0.4, 0.5) is 0 Å². The van der Waals surface area contributed by atoms with Gasteiger partial charge in [-0.05, 0) is 24.3 Å². The molecule has 0 saturated heterocycles. The van der Waals surface area contributed by atoms with Crippen LogP contribution in [-0.4, -0.2) is 40.1 Å². The highest BCUT2D eigenvalue weighted by Crippen LogP contribution is 2.14. The van der Waals surface area contributed by atoms with E-state index in [0.29, 0.717) is 16.7 Å². The Labute approximate surface area is 120 Å². The number of hydrogen-bond acceptors (Lipinski definition) is 6. The maximum atomic E-state index is 12.4. The van der Waals surface area contributed by atoms with Crippen molar-refractivity contribution in [3.8, 4) is 0 Å². The van der Waals surface area contributed by atoms with Crippen LogP contribution in [0.1, 0.15) is 10.4 Å². The molecule has 3 rings (SSSR count). The van der Waals surface area contributed by atoms with Crippen molar-refractivity contribution in [2.24, 2.45) is 0 Å². The second kappa shape index (κ2) is 4.74. The van der Waals surface area contributed by atoms with Gasteiger partial charge in [-0.3, -0.25) is 4.79 Å². The number of benzene rings is 1. The molecule has 8 heteroatoms. The molecule has 0 spiro atoms. The molecular weight excluding hydrogens is 292 g/mol. The third-order valence-corrected chi connectivity index (χ3v) is 4.09. The molecule has 7 nitrogen and oxygen atoms in total. The van der Waals surface area contributed by atoms with Crippen LogP contribution in [0.3, 0.4) is 0 Å². The fourth-order valence-electron chi connectivity index (χ4n) is 1.90. The van der Waals surface area contributed by atoms with Crippen molar-refractivity contribution in [3.05, 3.63) is 48.7 Å². The maximum absolute atomic E-state index is 12.4. The minimum absolute atomic E-state index is 0.164. The van der Waals surface area contributed by atoms with E-state index in [9.17, 15) is 13.2 Å². The zero-order valence-corrected chi connectivity index (χ0v) is 11.8. The second-order valence-electron chi connectivity index (χ2n) is 4.45. The fraction of sp³-hybridized carbons (Fsp3) is 0.0769. The maximum Gasteiger partial charge on any atom is 0.264 e. The van der Waals surface area contributed by atoms with Crippen LogP contribution < -0.4 is 0 Å². The minimum atomic E-state index is -3.28. The Balaban J connectivity index is 2.03. The number of carbonyl (C=O) groups is 1. The molecule has 0 saturated carbocycles. The van der Waals surface area contributed by atoms with Crippen LogP contribution in [-0.2, 0) is 9.84 Å².